The zero-order valence-corrected chi connectivity index (χ0v) is 13.0. The van der Waals surface area contributed by atoms with E-state index in [4.69, 9.17) is 4.74 Å². The highest BCUT2D eigenvalue weighted by molar-refractivity contribution is 5.84. The summed E-state index contributed by atoms with van der Waals surface area (Å²) in [6.45, 7) is 2.34. The van der Waals surface area contributed by atoms with Gasteiger partial charge in [0.2, 0.25) is 5.91 Å². The van der Waals surface area contributed by atoms with Crippen LogP contribution in [0.2, 0.25) is 0 Å². The van der Waals surface area contributed by atoms with Gasteiger partial charge in [0.05, 0.1) is 19.1 Å². The molecule has 4 rings (SSSR count). The summed E-state index contributed by atoms with van der Waals surface area (Å²) in [6.07, 6.45) is 3.04. The van der Waals surface area contributed by atoms with Crippen LogP contribution in [0.1, 0.15) is 41.5 Å². The van der Waals surface area contributed by atoms with E-state index in [0.717, 1.165) is 37.5 Å². The maximum absolute atomic E-state index is 12.6. The summed E-state index contributed by atoms with van der Waals surface area (Å²) >= 11 is 0. The smallest absolute Gasteiger partial charge is 0.227 e. The van der Waals surface area contributed by atoms with E-state index in [-0.39, 0.29) is 11.8 Å². The largest absolute Gasteiger partial charge is 0.372 e. The lowest BCUT2D eigenvalue weighted by atomic mass is 9.82. The molecule has 23 heavy (non-hydrogen) atoms. The molecule has 0 radical (unpaired) electrons. The first kappa shape index (κ1) is 14.4. The Labute approximate surface area is 134 Å². The van der Waals surface area contributed by atoms with Crippen LogP contribution in [-0.2, 0) is 35.6 Å². The predicted octanol–water partition coefficient (Wildman–Crippen LogP) is 1.54. The number of fused-ring (bicyclic) bond motifs is 2. The van der Waals surface area contributed by atoms with Crippen LogP contribution >= 0.6 is 0 Å². The van der Waals surface area contributed by atoms with Gasteiger partial charge in [-0.3, -0.25) is 4.79 Å². The number of carbonyl (C=O) groups excluding carboxylic acids is 1. The first-order valence-electron chi connectivity index (χ1n) is 8.17. The van der Waals surface area contributed by atoms with E-state index >= 15 is 0 Å². The zero-order valence-electron chi connectivity index (χ0n) is 13.0. The Balaban J connectivity index is 1.46. The van der Waals surface area contributed by atoms with Crippen molar-refractivity contribution < 1.29 is 9.53 Å². The van der Waals surface area contributed by atoms with Crippen LogP contribution in [0.15, 0.2) is 24.3 Å². The van der Waals surface area contributed by atoms with Crippen molar-refractivity contribution in [1.29, 1.82) is 0 Å². The second kappa shape index (κ2) is 6.12. The van der Waals surface area contributed by atoms with Gasteiger partial charge in [0.25, 0.3) is 0 Å². The molecule has 2 heterocycles. The van der Waals surface area contributed by atoms with Gasteiger partial charge in [-0.1, -0.05) is 24.3 Å². The molecule has 1 aliphatic heterocycles. The van der Waals surface area contributed by atoms with E-state index in [2.05, 4.69) is 27.6 Å². The summed E-state index contributed by atoms with van der Waals surface area (Å²) in [7, 11) is 0. The molecule has 0 spiro atoms. The number of hydrogen-bond acceptors (Lipinski definition) is 4. The highest BCUT2D eigenvalue weighted by Gasteiger charge is 2.26. The summed E-state index contributed by atoms with van der Waals surface area (Å²) in [5.74, 6) is 1.68. The quantitative estimate of drug-likeness (QED) is 0.933. The zero-order chi connectivity index (χ0) is 15.6. The summed E-state index contributed by atoms with van der Waals surface area (Å²) in [6, 6.07) is 8.27. The SMILES string of the molecule is O=C(NCc1nnc2n1CCOC2)C1CCCc2ccccc21. The number of aromatic nitrogens is 3. The average Bonchev–Trinajstić information content (AvgIpc) is 3.02. The highest BCUT2D eigenvalue weighted by atomic mass is 16.5. The molecule has 1 aliphatic carbocycles. The standard InChI is InChI=1S/C17H20N4O2/c22-17(14-7-3-5-12-4-1-2-6-13(12)14)18-10-15-19-20-16-11-23-9-8-21(15)16/h1-2,4,6,14H,3,5,7-11H2,(H,18,22). The van der Waals surface area contributed by atoms with Crippen molar-refractivity contribution in [2.75, 3.05) is 6.61 Å². The molecule has 0 fully saturated rings. The van der Waals surface area contributed by atoms with Gasteiger partial charge in [0, 0.05) is 6.54 Å². The highest BCUT2D eigenvalue weighted by Crippen LogP contribution is 2.31. The van der Waals surface area contributed by atoms with E-state index in [1.165, 1.54) is 11.1 Å². The molecule has 6 heteroatoms. The lowest BCUT2D eigenvalue weighted by Crippen LogP contribution is -2.32. The van der Waals surface area contributed by atoms with Crippen LogP contribution in [-0.4, -0.2) is 27.3 Å². The molecule has 6 nitrogen and oxygen atoms in total. The van der Waals surface area contributed by atoms with Crippen LogP contribution in [0.25, 0.3) is 0 Å². The minimum absolute atomic E-state index is 0.0490. The maximum Gasteiger partial charge on any atom is 0.227 e. The van der Waals surface area contributed by atoms with Gasteiger partial charge in [-0.25, -0.2) is 0 Å². The van der Waals surface area contributed by atoms with Gasteiger partial charge in [0.15, 0.2) is 11.6 Å². The van der Waals surface area contributed by atoms with Crippen molar-refractivity contribution in [1.82, 2.24) is 20.1 Å². The average molecular weight is 312 g/mol. The Morgan fingerprint density at radius 3 is 3.22 bits per heavy atom. The normalized spacial score (nSPS) is 19.7. The molecular formula is C17H20N4O2. The summed E-state index contributed by atoms with van der Waals surface area (Å²) in [5, 5.41) is 11.3. The number of aryl methyl sites for hydroxylation is 1. The van der Waals surface area contributed by atoms with E-state index < -0.39 is 0 Å². The Kier molecular flexibility index (Phi) is 3.83. The topological polar surface area (TPSA) is 69.0 Å². The van der Waals surface area contributed by atoms with Crippen LogP contribution in [0.3, 0.4) is 0 Å². The third-order valence-electron chi connectivity index (χ3n) is 4.70. The van der Waals surface area contributed by atoms with Crippen molar-refractivity contribution in [2.45, 2.75) is 44.9 Å². The number of hydrogen-bond donors (Lipinski definition) is 1. The molecule has 120 valence electrons. The lowest BCUT2D eigenvalue weighted by molar-refractivity contribution is -0.123. The molecule has 0 saturated heterocycles. The molecule has 2 aliphatic rings. The van der Waals surface area contributed by atoms with Crippen LogP contribution in [0.5, 0.6) is 0 Å². The Morgan fingerprint density at radius 2 is 2.26 bits per heavy atom. The number of amides is 1. The minimum Gasteiger partial charge on any atom is -0.372 e. The first-order valence-corrected chi connectivity index (χ1v) is 8.17. The molecule has 1 unspecified atom stereocenters. The molecule has 0 saturated carbocycles. The Bertz CT molecular complexity index is 725. The fourth-order valence-electron chi connectivity index (χ4n) is 3.50. The number of nitrogens with zero attached hydrogens (tertiary/aromatic N) is 3. The van der Waals surface area contributed by atoms with E-state index in [1.54, 1.807) is 0 Å². The van der Waals surface area contributed by atoms with Crippen LogP contribution < -0.4 is 5.32 Å². The van der Waals surface area contributed by atoms with Crippen LogP contribution in [0, 0.1) is 0 Å². The molecule has 1 aromatic heterocycles. The molecule has 1 amide bonds. The van der Waals surface area contributed by atoms with Gasteiger partial charge in [-0.2, -0.15) is 0 Å². The van der Waals surface area contributed by atoms with E-state index in [0.29, 0.717) is 19.8 Å². The fourth-order valence-corrected chi connectivity index (χ4v) is 3.50. The maximum atomic E-state index is 12.6. The number of nitrogens with one attached hydrogen (secondary N) is 1. The molecule has 0 bridgehead atoms. The van der Waals surface area contributed by atoms with Gasteiger partial charge in [0.1, 0.15) is 6.61 Å². The molecule has 2 aromatic rings. The fraction of sp³-hybridized carbons (Fsp3) is 0.471. The first-order chi connectivity index (χ1) is 11.3. The molecule has 1 aromatic carbocycles. The Hall–Kier alpha value is -2.21. The van der Waals surface area contributed by atoms with Gasteiger partial charge in [-0.05, 0) is 30.4 Å². The summed E-state index contributed by atoms with van der Waals surface area (Å²) < 4.78 is 7.40. The third kappa shape index (κ3) is 2.74. The molecular weight excluding hydrogens is 292 g/mol. The number of benzene rings is 1. The van der Waals surface area contributed by atoms with Gasteiger partial charge >= 0.3 is 0 Å². The second-order valence-electron chi connectivity index (χ2n) is 6.10. The van der Waals surface area contributed by atoms with Crippen molar-refractivity contribution in [3.63, 3.8) is 0 Å². The van der Waals surface area contributed by atoms with Crippen molar-refractivity contribution in [3.8, 4) is 0 Å². The number of carbonyl (C=O) groups is 1. The second-order valence-corrected chi connectivity index (χ2v) is 6.10. The van der Waals surface area contributed by atoms with Crippen molar-refractivity contribution in [2.24, 2.45) is 0 Å². The molecule has 1 atom stereocenters. The number of ether oxygens (including phenoxy) is 1. The third-order valence-corrected chi connectivity index (χ3v) is 4.70. The number of rotatable bonds is 3. The Morgan fingerprint density at radius 1 is 1.35 bits per heavy atom. The van der Waals surface area contributed by atoms with Crippen molar-refractivity contribution in [3.05, 3.63) is 47.0 Å². The van der Waals surface area contributed by atoms with Crippen LogP contribution in [0.4, 0.5) is 0 Å². The molecule has 1 N–H and O–H groups in total. The monoisotopic (exact) mass is 312 g/mol. The minimum atomic E-state index is -0.0490. The predicted molar refractivity (Wildman–Crippen MR) is 83.6 cm³/mol. The van der Waals surface area contributed by atoms with Crippen molar-refractivity contribution >= 4 is 5.91 Å². The van der Waals surface area contributed by atoms with Gasteiger partial charge < -0.3 is 14.6 Å². The summed E-state index contributed by atoms with van der Waals surface area (Å²) in [5.41, 5.74) is 2.48. The van der Waals surface area contributed by atoms with Gasteiger partial charge in [-0.15, -0.1) is 10.2 Å². The van der Waals surface area contributed by atoms with E-state index in [1.807, 2.05) is 16.7 Å². The summed E-state index contributed by atoms with van der Waals surface area (Å²) in [4.78, 5) is 12.6. The van der Waals surface area contributed by atoms with E-state index in [9.17, 15) is 4.79 Å². The lowest BCUT2D eigenvalue weighted by Gasteiger charge is -2.24.